The molecular formula is C15H13FN2O2S. The molecule has 6 heteroatoms. The van der Waals surface area contributed by atoms with E-state index in [1.807, 2.05) is 6.92 Å². The third kappa shape index (κ3) is 4.85. The number of carbonyl (C=O) groups excluding carboxylic acids is 1. The molecule has 0 radical (unpaired) electrons. The van der Waals surface area contributed by atoms with Crippen LogP contribution in [0.1, 0.15) is 11.5 Å². The zero-order valence-corrected chi connectivity index (χ0v) is 12.0. The lowest BCUT2D eigenvalue weighted by molar-refractivity contribution is -0.115. The van der Waals surface area contributed by atoms with Crippen molar-refractivity contribution >= 4 is 35.0 Å². The molecule has 2 aromatic rings. The Bertz CT molecular complexity index is 677. The van der Waals surface area contributed by atoms with Crippen LogP contribution in [0.3, 0.4) is 0 Å². The maximum atomic E-state index is 12.7. The van der Waals surface area contributed by atoms with E-state index >= 15 is 0 Å². The Hall–Kier alpha value is -2.47. The fraction of sp³-hybridized carbons (Fsp3) is 0.0667. The number of benzene rings is 1. The first-order valence-corrected chi connectivity index (χ1v) is 6.56. The van der Waals surface area contributed by atoms with Crippen LogP contribution < -0.4 is 10.6 Å². The predicted octanol–water partition coefficient (Wildman–Crippen LogP) is 3.25. The molecule has 108 valence electrons. The lowest BCUT2D eigenvalue weighted by atomic mass is 10.3. The normalized spacial score (nSPS) is 10.6. The van der Waals surface area contributed by atoms with Crippen LogP contribution in [0, 0.1) is 12.7 Å². The van der Waals surface area contributed by atoms with Gasteiger partial charge in [0.25, 0.3) is 0 Å². The minimum absolute atomic E-state index is 0.131. The van der Waals surface area contributed by atoms with Crippen molar-refractivity contribution in [3.05, 3.63) is 59.8 Å². The number of carbonyl (C=O) groups is 1. The van der Waals surface area contributed by atoms with Gasteiger partial charge in [0, 0.05) is 11.8 Å². The number of furan rings is 1. The highest BCUT2D eigenvalue weighted by Crippen LogP contribution is 2.09. The second-order valence-electron chi connectivity index (χ2n) is 4.23. The van der Waals surface area contributed by atoms with Gasteiger partial charge in [0.1, 0.15) is 17.3 Å². The van der Waals surface area contributed by atoms with E-state index in [-0.39, 0.29) is 16.8 Å². The quantitative estimate of drug-likeness (QED) is 0.675. The van der Waals surface area contributed by atoms with Crippen molar-refractivity contribution in [1.82, 2.24) is 5.32 Å². The number of halogens is 1. The summed E-state index contributed by atoms with van der Waals surface area (Å²) in [5.74, 6) is 0.625. The van der Waals surface area contributed by atoms with E-state index in [1.54, 1.807) is 18.2 Å². The largest absolute Gasteiger partial charge is 0.462 e. The van der Waals surface area contributed by atoms with E-state index in [0.29, 0.717) is 11.4 Å². The van der Waals surface area contributed by atoms with Crippen LogP contribution in [-0.2, 0) is 4.79 Å². The highest BCUT2D eigenvalue weighted by molar-refractivity contribution is 7.80. The average Bonchev–Trinajstić information content (AvgIpc) is 2.85. The summed E-state index contributed by atoms with van der Waals surface area (Å²) < 4.78 is 18.0. The Balaban J connectivity index is 1.86. The molecule has 4 nitrogen and oxygen atoms in total. The zero-order chi connectivity index (χ0) is 15.2. The average molecular weight is 304 g/mol. The van der Waals surface area contributed by atoms with E-state index in [9.17, 15) is 9.18 Å². The van der Waals surface area contributed by atoms with Gasteiger partial charge in [0.2, 0.25) is 5.91 Å². The molecule has 1 heterocycles. The molecule has 0 fully saturated rings. The molecular weight excluding hydrogens is 291 g/mol. The van der Waals surface area contributed by atoms with Crippen molar-refractivity contribution < 1.29 is 13.6 Å². The van der Waals surface area contributed by atoms with Crippen molar-refractivity contribution in [1.29, 1.82) is 0 Å². The minimum atomic E-state index is -0.385. The monoisotopic (exact) mass is 304 g/mol. The van der Waals surface area contributed by atoms with E-state index in [1.165, 1.54) is 30.3 Å². The van der Waals surface area contributed by atoms with Gasteiger partial charge in [-0.1, -0.05) is 0 Å². The summed E-state index contributed by atoms with van der Waals surface area (Å²) in [6.45, 7) is 1.82. The van der Waals surface area contributed by atoms with Crippen LogP contribution in [0.2, 0.25) is 0 Å². The van der Waals surface area contributed by atoms with Crippen molar-refractivity contribution in [3.8, 4) is 0 Å². The highest BCUT2D eigenvalue weighted by atomic mass is 32.1. The van der Waals surface area contributed by atoms with Crippen molar-refractivity contribution in [2.75, 3.05) is 5.32 Å². The van der Waals surface area contributed by atoms with E-state index in [4.69, 9.17) is 16.6 Å². The van der Waals surface area contributed by atoms with Gasteiger partial charge in [-0.3, -0.25) is 10.1 Å². The van der Waals surface area contributed by atoms with Gasteiger partial charge < -0.3 is 9.73 Å². The van der Waals surface area contributed by atoms with Crippen LogP contribution in [0.25, 0.3) is 6.08 Å². The van der Waals surface area contributed by atoms with Crippen LogP contribution in [0.4, 0.5) is 10.1 Å². The molecule has 0 saturated carbocycles. The van der Waals surface area contributed by atoms with Crippen LogP contribution in [0.15, 0.2) is 46.9 Å². The standard InChI is InChI=1S/C15H13FN2O2S/c1-10-2-7-13(20-10)8-9-14(19)18-15(21)17-12-5-3-11(16)4-6-12/h2-9H,1H3,(H2,17,18,19,21). The second kappa shape index (κ2) is 6.81. The third-order valence-electron chi connectivity index (χ3n) is 2.50. The number of amides is 1. The first-order valence-electron chi connectivity index (χ1n) is 6.15. The molecule has 0 unspecified atom stereocenters. The summed E-state index contributed by atoms with van der Waals surface area (Å²) in [5.41, 5.74) is 0.590. The Morgan fingerprint density at radius 1 is 1.24 bits per heavy atom. The molecule has 2 rings (SSSR count). The lowest BCUT2D eigenvalue weighted by Gasteiger charge is -2.07. The van der Waals surface area contributed by atoms with Gasteiger partial charge in [0.15, 0.2) is 5.11 Å². The Labute approximate surface area is 126 Å². The molecule has 1 aromatic carbocycles. The van der Waals surface area contributed by atoms with Gasteiger partial charge in [0.05, 0.1) is 0 Å². The summed E-state index contributed by atoms with van der Waals surface area (Å²) in [6.07, 6.45) is 2.86. The van der Waals surface area contributed by atoms with Crippen molar-refractivity contribution in [2.45, 2.75) is 6.92 Å². The number of thiocarbonyl (C=S) groups is 1. The minimum Gasteiger partial charge on any atom is -0.462 e. The first-order chi connectivity index (χ1) is 10.0. The number of aryl methyl sites for hydroxylation is 1. The molecule has 1 amide bonds. The SMILES string of the molecule is Cc1ccc(C=CC(=O)NC(=S)Nc2ccc(F)cc2)o1. The fourth-order valence-electron chi connectivity index (χ4n) is 1.55. The number of hydrogen-bond donors (Lipinski definition) is 2. The Morgan fingerprint density at radius 2 is 1.95 bits per heavy atom. The summed E-state index contributed by atoms with van der Waals surface area (Å²) in [7, 11) is 0. The molecule has 0 aliphatic rings. The van der Waals surface area contributed by atoms with Gasteiger partial charge in [-0.2, -0.15) is 0 Å². The maximum Gasteiger partial charge on any atom is 0.250 e. The van der Waals surface area contributed by atoms with Crippen molar-refractivity contribution in [3.63, 3.8) is 0 Å². The molecule has 0 atom stereocenters. The molecule has 2 N–H and O–H groups in total. The number of nitrogens with one attached hydrogen (secondary N) is 2. The van der Waals surface area contributed by atoms with Gasteiger partial charge >= 0.3 is 0 Å². The first kappa shape index (κ1) is 14.9. The summed E-state index contributed by atoms with van der Waals surface area (Å²) >= 11 is 4.99. The van der Waals surface area contributed by atoms with E-state index in [0.717, 1.165) is 5.76 Å². The summed E-state index contributed by atoms with van der Waals surface area (Å²) in [5, 5.41) is 5.39. The number of rotatable bonds is 3. The Morgan fingerprint density at radius 3 is 2.57 bits per heavy atom. The van der Waals surface area contributed by atoms with E-state index < -0.39 is 0 Å². The second-order valence-corrected chi connectivity index (χ2v) is 4.64. The fourth-order valence-corrected chi connectivity index (χ4v) is 1.77. The van der Waals surface area contributed by atoms with E-state index in [2.05, 4.69) is 10.6 Å². The van der Waals surface area contributed by atoms with Crippen molar-refractivity contribution in [2.24, 2.45) is 0 Å². The van der Waals surface area contributed by atoms with Crippen LogP contribution in [0.5, 0.6) is 0 Å². The summed E-state index contributed by atoms with van der Waals surface area (Å²) in [4.78, 5) is 11.7. The number of hydrogen-bond acceptors (Lipinski definition) is 3. The summed E-state index contributed by atoms with van der Waals surface area (Å²) in [6, 6.07) is 9.20. The van der Waals surface area contributed by atoms with Crippen LogP contribution >= 0.6 is 12.2 Å². The lowest BCUT2D eigenvalue weighted by Crippen LogP contribution is -2.32. The molecule has 0 spiro atoms. The highest BCUT2D eigenvalue weighted by Gasteiger charge is 2.02. The topological polar surface area (TPSA) is 54.3 Å². The zero-order valence-electron chi connectivity index (χ0n) is 11.2. The van der Waals surface area contributed by atoms with Gasteiger partial charge in [-0.25, -0.2) is 4.39 Å². The molecule has 0 aliphatic heterocycles. The number of anilines is 1. The Kier molecular flexibility index (Phi) is 4.84. The third-order valence-corrected chi connectivity index (χ3v) is 2.70. The maximum absolute atomic E-state index is 12.7. The van der Waals surface area contributed by atoms with Gasteiger partial charge in [-0.05, 0) is 61.6 Å². The smallest absolute Gasteiger partial charge is 0.250 e. The predicted molar refractivity (Wildman–Crippen MR) is 83.2 cm³/mol. The van der Waals surface area contributed by atoms with Gasteiger partial charge in [-0.15, -0.1) is 0 Å². The molecule has 0 saturated heterocycles. The molecule has 0 bridgehead atoms. The van der Waals surface area contributed by atoms with Crippen LogP contribution in [-0.4, -0.2) is 11.0 Å². The molecule has 0 aliphatic carbocycles. The molecule has 21 heavy (non-hydrogen) atoms. The molecule has 1 aromatic heterocycles.